The summed E-state index contributed by atoms with van der Waals surface area (Å²) in [5.41, 5.74) is 2.01. The fraction of sp³-hybridized carbons (Fsp3) is 0.286. The van der Waals surface area contributed by atoms with E-state index in [9.17, 15) is 4.79 Å². The van der Waals surface area contributed by atoms with Gasteiger partial charge < -0.3 is 16.0 Å². The SMILES string of the molecule is CC1=CNC2NC(=O)NC2=C1. The molecule has 58 valence electrons. The molecular weight excluding hydrogens is 142 g/mol. The molecule has 0 aromatic rings. The second-order valence-electron chi connectivity index (χ2n) is 2.69. The van der Waals surface area contributed by atoms with Crippen LogP contribution in [0.2, 0.25) is 0 Å². The van der Waals surface area contributed by atoms with Crippen molar-refractivity contribution >= 4 is 6.03 Å². The molecule has 1 atom stereocenters. The summed E-state index contributed by atoms with van der Waals surface area (Å²) in [6.45, 7) is 1.97. The molecule has 0 radical (unpaired) electrons. The third kappa shape index (κ3) is 0.960. The number of nitrogens with one attached hydrogen (secondary N) is 3. The van der Waals surface area contributed by atoms with Gasteiger partial charge in [0.25, 0.3) is 0 Å². The first-order valence-electron chi connectivity index (χ1n) is 3.47. The number of hydrogen-bond donors (Lipinski definition) is 3. The molecule has 2 aliphatic rings. The van der Waals surface area contributed by atoms with E-state index in [4.69, 9.17) is 0 Å². The zero-order valence-electron chi connectivity index (χ0n) is 6.14. The van der Waals surface area contributed by atoms with Gasteiger partial charge in [0.1, 0.15) is 6.17 Å². The number of amides is 2. The lowest BCUT2D eigenvalue weighted by atomic mass is 10.2. The number of urea groups is 1. The molecule has 11 heavy (non-hydrogen) atoms. The highest BCUT2D eigenvalue weighted by Crippen LogP contribution is 2.11. The van der Waals surface area contributed by atoms with E-state index in [-0.39, 0.29) is 12.2 Å². The summed E-state index contributed by atoms with van der Waals surface area (Å²) >= 11 is 0. The maximum atomic E-state index is 10.8. The fourth-order valence-electron chi connectivity index (χ4n) is 1.20. The summed E-state index contributed by atoms with van der Waals surface area (Å²) in [6.07, 6.45) is 3.77. The minimum Gasteiger partial charge on any atom is -0.366 e. The number of carbonyl (C=O) groups excluding carboxylic acids is 1. The highest BCUT2D eigenvalue weighted by molar-refractivity contribution is 5.80. The smallest absolute Gasteiger partial charge is 0.321 e. The van der Waals surface area contributed by atoms with Gasteiger partial charge in [-0.2, -0.15) is 0 Å². The van der Waals surface area contributed by atoms with Crippen molar-refractivity contribution in [2.75, 3.05) is 0 Å². The number of rotatable bonds is 0. The molecule has 2 heterocycles. The first-order chi connectivity index (χ1) is 5.25. The summed E-state index contributed by atoms with van der Waals surface area (Å²) in [5.74, 6) is 0. The Kier molecular flexibility index (Phi) is 1.15. The standard InChI is InChI=1S/C7H9N3O/c1-4-2-5-6(8-3-4)10-7(11)9-5/h2-3,6,8H,1H3,(H2,9,10,11). The summed E-state index contributed by atoms with van der Waals surface area (Å²) in [4.78, 5) is 10.8. The summed E-state index contributed by atoms with van der Waals surface area (Å²) in [7, 11) is 0. The third-order valence-electron chi connectivity index (χ3n) is 1.71. The zero-order valence-corrected chi connectivity index (χ0v) is 6.14. The van der Waals surface area contributed by atoms with E-state index in [0.29, 0.717) is 0 Å². The molecule has 1 fully saturated rings. The van der Waals surface area contributed by atoms with Gasteiger partial charge in [-0.1, -0.05) is 0 Å². The van der Waals surface area contributed by atoms with Crippen LogP contribution < -0.4 is 16.0 Å². The Morgan fingerprint density at radius 1 is 1.55 bits per heavy atom. The number of carbonyl (C=O) groups is 1. The molecule has 1 saturated heterocycles. The normalized spacial score (nSPS) is 27.4. The van der Waals surface area contributed by atoms with Crippen LogP contribution in [-0.4, -0.2) is 12.2 Å². The highest BCUT2D eigenvalue weighted by Gasteiger charge is 2.26. The van der Waals surface area contributed by atoms with Crippen molar-refractivity contribution in [1.29, 1.82) is 0 Å². The molecular formula is C7H9N3O. The minimum absolute atomic E-state index is 0.0498. The Morgan fingerprint density at radius 3 is 3.18 bits per heavy atom. The Bertz CT molecular complexity index is 267. The maximum absolute atomic E-state index is 10.8. The van der Waals surface area contributed by atoms with E-state index in [1.54, 1.807) is 0 Å². The number of fused-ring (bicyclic) bond motifs is 1. The quantitative estimate of drug-likeness (QED) is 0.457. The average molecular weight is 151 g/mol. The topological polar surface area (TPSA) is 53.2 Å². The maximum Gasteiger partial charge on any atom is 0.321 e. The fourth-order valence-corrected chi connectivity index (χ4v) is 1.20. The molecule has 0 spiro atoms. The van der Waals surface area contributed by atoms with Crippen LogP contribution in [0.5, 0.6) is 0 Å². The van der Waals surface area contributed by atoms with Gasteiger partial charge in [-0.05, 0) is 18.6 Å². The second kappa shape index (κ2) is 2.02. The molecule has 1 unspecified atom stereocenters. The third-order valence-corrected chi connectivity index (χ3v) is 1.71. The lowest BCUT2D eigenvalue weighted by Gasteiger charge is -2.15. The van der Waals surface area contributed by atoms with E-state index >= 15 is 0 Å². The van der Waals surface area contributed by atoms with Gasteiger partial charge in [0.05, 0.1) is 5.70 Å². The Balaban J connectivity index is 2.26. The Labute approximate surface area is 64.3 Å². The van der Waals surface area contributed by atoms with Gasteiger partial charge in [-0.15, -0.1) is 0 Å². The second-order valence-corrected chi connectivity index (χ2v) is 2.69. The van der Waals surface area contributed by atoms with E-state index < -0.39 is 0 Å². The van der Waals surface area contributed by atoms with Gasteiger partial charge in [-0.25, -0.2) is 4.79 Å². The van der Waals surface area contributed by atoms with E-state index in [1.807, 2.05) is 19.2 Å². The van der Waals surface area contributed by atoms with Crippen LogP contribution in [-0.2, 0) is 0 Å². The van der Waals surface area contributed by atoms with Crippen molar-refractivity contribution in [2.45, 2.75) is 13.1 Å². The summed E-state index contributed by atoms with van der Waals surface area (Å²) < 4.78 is 0. The largest absolute Gasteiger partial charge is 0.366 e. The van der Waals surface area contributed by atoms with Crippen LogP contribution in [0.4, 0.5) is 4.79 Å². The minimum atomic E-state index is -0.142. The first kappa shape index (κ1) is 6.27. The van der Waals surface area contributed by atoms with Gasteiger partial charge in [0.15, 0.2) is 0 Å². The van der Waals surface area contributed by atoms with Crippen LogP contribution >= 0.6 is 0 Å². The summed E-state index contributed by atoms with van der Waals surface area (Å²) in [6, 6.07) is -0.142. The van der Waals surface area contributed by atoms with Crippen LogP contribution in [0.1, 0.15) is 6.92 Å². The molecule has 0 aromatic heterocycles. The molecule has 3 N–H and O–H groups in total. The number of hydrogen-bond acceptors (Lipinski definition) is 2. The molecule has 2 amide bonds. The van der Waals surface area contributed by atoms with Gasteiger partial charge >= 0.3 is 6.03 Å². The van der Waals surface area contributed by atoms with Crippen LogP contribution in [0.15, 0.2) is 23.5 Å². The molecule has 2 rings (SSSR count). The van der Waals surface area contributed by atoms with Crippen LogP contribution in [0.25, 0.3) is 0 Å². The molecule has 4 nitrogen and oxygen atoms in total. The predicted molar refractivity (Wildman–Crippen MR) is 40.4 cm³/mol. The summed E-state index contributed by atoms with van der Waals surface area (Å²) in [5, 5.41) is 8.43. The van der Waals surface area contributed by atoms with Gasteiger partial charge in [-0.3, -0.25) is 0 Å². The van der Waals surface area contributed by atoms with E-state index in [2.05, 4.69) is 16.0 Å². The lowest BCUT2D eigenvalue weighted by Crippen LogP contribution is -2.37. The molecule has 0 bridgehead atoms. The molecule has 0 saturated carbocycles. The Hall–Kier alpha value is -1.45. The van der Waals surface area contributed by atoms with Crippen molar-refractivity contribution in [3.05, 3.63) is 23.5 Å². The van der Waals surface area contributed by atoms with Crippen molar-refractivity contribution in [1.82, 2.24) is 16.0 Å². The highest BCUT2D eigenvalue weighted by atomic mass is 16.2. The predicted octanol–water partition coefficient (Wildman–Crippen LogP) is 0.0162. The van der Waals surface area contributed by atoms with Crippen LogP contribution in [0, 0.1) is 0 Å². The molecule has 2 aliphatic heterocycles. The number of dihydropyridines is 1. The molecule has 0 aromatic carbocycles. The lowest BCUT2D eigenvalue weighted by molar-refractivity contribution is 0.247. The average Bonchev–Trinajstić information content (AvgIpc) is 2.27. The zero-order chi connectivity index (χ0) is 7.84. The van der Waals surface area contributed by atoms with Crippen LogP contribution in [0.3, 0.4) is 0 Å². The van der Waals surface area contributed by atoms with Crippen molar-refractivity contribution in [3.8, 4) is 0 Å². The first-order valence-corrected chi connectivity index (χ1v) is 3.47. The van der Waals surface area contributed by atoms with Crippen molar-refractivity contribution in [2.24, 2.45) is 0 Å². The van der Waals surface area contributed by atoms with Gasteiger partial charge in [0.2, 0.25) is 0 Å². The molecule has 4 heteroatoms. The van der Waals surface area contributed by atoms with Gasteiger partial charge in [0, 0.05) is 6.20 Å². The van der Waals surface area contributed by atoms with E-state index in [1.165, 1.54) is 0 Å². The Morgan fingerprint density at radius 2 is 2.36 bits per heavy atom. The number of allylic oxidation sites excluding steroid dienone is 2. The molecule has 0 aliphatic carbocycles. The van der Waals surface area contributed by atoms with Crippen molar-refractivity contribution in [3.63, 3.8) is 0 Å². The van der Waals surface area contributed by atoms with Crippen molar-refractivity contribution < 1.29 is 4.79 Å². The van der Waals surface area contributed by atoms with E-state index in [0.717, 1.165) is 11.3 Å². The monoisotopic (exact) mass is 151 g/mol.